The molecule has 0 atom stereocenters. The van der Waals surface area contributed by atoms with Crippen molar-refractivity contribution < 1.29 is 23.9 Å². The van der Waals surface area contributed by atoms with Crippen LogP contribution in [0.15, 0.2) is 42.5 Å². The molecule has 0 saturated carbocycles. The fraction of sp³-hybridized carbons (Fsp3) is 0.348. The van der Waals surface area contributed by atoms with Gasteiger partial charge in [0.25, 0.3) is 5.91 Å². The van der Waals surface area contributed by atoms with Crippen LogP contribution in [0, 0.1) is 0 Å². The fourth-order valence-electron chi connectivity index (χ4n) is 2.87. The highest BCUT2D eigenvalue weighted by Crippen LogP contribution is 2.27. The second-order valence-electron chi connectivity index (χ2n) is 6.91. The Morgan fingerprint density at radius 3 is 2.24 bits per heavy atom. The molecule has 2 rings (SSSR count). The van der Waals surface area contributed by atoms with Gasteiger partial charge in [-0.15, -0.1) is 0 Å². The van der Waals surface area contributed by atoms with Gasteiger partial charge in [0.05, 0.1) is 12.1 Å². The number of amides is 4. The van der Waals surface area contributed by atoms with Gasteiger partial charge in [0.1, 0.15) is 11.5 Å². The minimum absolute atomic E-state index is 0.0737. The van der Waals surface area contributed by atoms with Crippen LogP contribution in [0.4, 0.5) is 16.2 Å². The van der Waals surface area contributed by atoms with Gasteiger partial charge < -0.3 is 30.3 Å². The molecule has 0 radical (unpaired) electrons. The Bertz CT molecular complexity index is 948. The van der Waals surface area contributed by atoms with E-state index in [1.807, 2.05) is 13.8 Å². The molecule has 0 saturated heterocycles. The molecular weight excluding hydrogens is 448 g/mol. The number of hydrogen-bond acceptors (Lipinski definition) is 5. The lowest BCUT2D eigenvalue weighted by Crippen LogP contribution is -2.34. The second-order valence-corrected chi connectivity index (χ2v) is 7.31. The molecule has 4 amide bonds. The summed E-state index contributed by atoms with van der Waals surface area (Å²) in [5.41, 5.74) is 1.09. The highest BCUT2D eigenvalue weighted by Gasteiger charge is 2.12. The van der Waals surface area contributed by atoms with Crippen LogP contribution >= 0.6 is 11.6 Å². The van der Waals surface area contributed by atoms with E-state index in [2.05, 4.69) is 16.0 Å². The van der Waals surface area contributed by atoms with Crippen LogP contribution < -0.4 is 25.4 Å². The molecule has 3 N–H and O–H groups in total. The van der Waals surface area contributed by atoms with E-state index in [0.29, 0.717) is 36.0 Å². The van der Waals surface area contributed by atoms with Crippen molar-refractivity contribution in [2.24, 2.45) is 0 Å². The summed E-state index contributed by atoms with van der Waals surface area (Å²) < 4.78 is 10.6. The minimum Gasteiger partial charge on any atom is -0.497 e. The molecule has 0 spiro atoms. The van der Waals surface area contributed by atoms with Gasteiger partial charge in [0.2, 0.25) is 5.91 Å². The molecule has 0 heterocycles. The molecule has 2 aromatic carbocycles. The molecule has 0 aliphatic carbocycles. The lowest BCUT2D eigenvalue weighted by atomic mass is 10.3. The molecule has 33 heavy (non-hydrogen) atoms. The summed E-state index contributed by atoms with van der Waals surface area (Å²) in [7, 11) is 1.56. The third kappa shape index (κ3) is 8.53. The SMILES string of the molecule is CCN(CC)C(=O)COc1ccc(NC(=O)CCNC(=O)Nc2ccc(OC)cc2)cc1Cl. The molecule has 178 valence electrons. The second kappa shape index (κ2) is 13.2. The first-order valence-corrected chi connectivity index (χ1v) is 10.9. The quantitative estimate of drug-likeness (QED) is 0.457. The Balaban J connectivity index is 1.75. The summed E-state index contributed by atoms with van der Waals surface area (Å²) in [5, 5.41) is 8.27. The van der Waals surface area contributed by atoms with E-state index in [0.717, 1.165) is 0 Å². The fourth-order valence-corrected chi connectivity index (χ4v) is 3.10. The van der Waals surface area contributed by atoms with E-state index in [9.17, 15) is 14.4 Å². The summed E-state index contributed by atoms with van der Waals surface area (Å²) >= 11 is 6.21. The topological polar surface area (TPSA) is 109 Å². The van der Waals surface area contributed by atoms with E-state index < -0.39 is 6.03 Å². The highest BCUT2D eigenvalue weighted by molar-refractivity contribution is 6.32. The number of benzene rings is 2. The molecular formula is C23H29ClN4O5. The first kappa shape index (κ1) is 25.8. The van der Waals surface area contributed by atoms with Gasteiger partial charge in [-0.1, -0.05) is 11.6 Å². The van der Waals surface area contributed by atoms with Crippen molar-refractivity contribution in [2.75, 3.05) is 44.0 Å². The smallest absolute Gasteiger partial charge is 0.319 e. The van der Waals surface area contributed by atoms with Crippen molar-refractivity contribution in [2.45, 2.75) is 20.3 Å². The average molecular weight is 477 g/mol. The average Bonchev–Trinajstić information content (AvgIpc) is 2.80. The van der Waals surface area contributed by atoms with Crippen LogP contribution in [0.5, 0.6) is 11.5 Å². The zero-order valence-electron chi connectivity index (χ0n) is 18.9. The molecule has 9 nitrogen and oxygen atoms in total. The Morgan fingerprint density at radius 1 is 0.970 bits per heavy atom. The summed E-state index contributed by atoms with van der Waals surface area (Å²) in [6.07, 6.45) is 0.0737. The molecule has 0 unspecified atom stereocenters. The number of ether oxygens (including phenoxy) is 2. The van der Waals surface area contributed by atoms with Crippen LogP contribution in [0.25, 0.3) is 0 Å². The highest BCUT2D eigenvalue weighted by atomic mass is 35.5. The van der Waals surface area contributed by atoms with E-state index in [4.69, 9.17) is 21.1 Å². The molecule has 2 aromatic rings. The zero-order valence-corrected chi connectivity index (χ0v) is 19.7. The van der Waals surface area contributed by atoms with Crippen LogP contribution in [0.1, 0.15) is 20.3 Å². The summed E-state index contributed by atoms with van der Waals surface area (Å²) in [4.78, 5) is 37.8. The molecule has 0 aliphatic heterocycles. The van der Waals surface area contributed by atoms with Crippen LogP contribution in [-0.4, -0.2) is 56.1 Å². The number of urea groups is 1. The normalized spacial score (nSPS) is 10.2. The van der Waals surface area contributed by atoms with E-state index >= 15 is 0 Å². The van der Waals surface area contributed by atoms with E-state index in [1.54, 1.807) is 54.5 Å². The number of hydrogen-bond donors (Lipinski definition) is 3. The van der Waals surface area contributed by atoms with Crippen LogP contribution in [-0.2, 0) is 9.59 Å². The van der Waals surface area contributed by atoms with Crippen molar-refractivity contribution in [3.05, 3.63) is 47.5 Å². The lowest BCUT2D eigenvalue weighted by Gasteiger charge is -2.19. The predicted molar refractivity (Wildman–Crippen MR) is 128 cm³/mol. The predicted octanol–water partition coefficient (Wildman–Crippen LogP) is 3.75. The van der Waals surface area contributed by atoms with Crippen molar-refractivity contribution in [3.8, 4) is 11.5 Å². The maximum Gasteiger partial charge on any atom is 0.319 e. The maximum atomic E-state index is 12.2. The molecule has 0 aromatic heterocycles. The van der Waals surface area contributed by atoms with Crippen LogP contribution in [0.3, 0.4) is 0 Å². The largest absolute Gasteiger partial charge is 0.497 e. The summed E-state index contributed by atoms with van der Waals surface area (Å²) in [6.45, 7) is 5.04. The van der Waals surface area contributed by atoms with Gasteiger partial charge in [-0.3, -0.25) is 9.59 Å². The molecule has 10 heteroatoms. The number of nitrogens with zero attached hydrogens (tertiary/aromatic N) is 1. The Kier molecular flexibility index (Phi) is 10.3. The third-order valence-corrected chi connectivity index (χ3v) is 4.96. The first-order valence-electron chi connectivity index (χ1n) is 10.5. The number of anilines is 2. The minimum atomic E-state index is -0.420. The van der Waals surface area contributed by atoms with Crippen LogP contribution in [0.2, 0.25) is 5.02 Å². The Labute approximate surface area is 198 Å². The Morgan fingerprint density at radius 2 is 1.64 bits per heavy atom. The number of halogens is 1. The monoisotopic (exact) mass is 476 g/mol. The Hall–Kier alpha value is -3.46. The standard InChI is InChI=1S/C23H29ClN4O5/c1-4-28(5-2)22(30)15-33-20-11-8-17(14-19(20)24)26-21(29)12-13-25-23(31)27-16-6-9-18(32-3)10-7-16/h6-11,14H,4-5,12-13,15H2,1-3H3,(H,26,29)(H2,25,27,31). The number of likely N-dealkylation sites (N-methyl/N-ethyl adjacent to an activating group) is 1. The van der Waals surface area contributed by atoms with Gasteiger partial charge >= 0.3 is 6.03 Å². The first-order chi connectivity index (χ1) is 15.9. The zero-order chi connectivity index (χ0) is 24.2. The van der Waals surface area contributed by atoms with Crippen molar-refractivity contribution in [1.29, 1.82) is 0 Å². The lowest BCUT2D eigenvalue weighted by molar-refractivity contribution is -0.133. The number of carbonyl (C=O) groups is 3. The van der Waals surface area contributed by atoms with Crippen molar-refractivity contribution in [3.63, 3.8) is 0 Å². The van der Waals surface area contributed by atoms with Gasteiger partial charge in [-0.05, 0) is 56.3 Å². The number of carbonyl (C=O) groups excluding carboxylic acids is 3. The van der Waals surface area contributed by atoms with Gasteiger partial charge in [-0.2, -0.15) is 0 Å². The molecule has 0 fully saturated rings. The molecule has 0 aliphatic rings. The van der Waals surface area contributed by atoms with Crippen molar-refractivity contribution >= 4 is 40.8 Å². The van der Waals surface area contributed by atoms with Gasteiger partial charge in [0, 0.05) is 37.4 Å². The maximum absolute atomic E-state index is 12.2. The number of rotatable bonds is 11. The van der Waals surface area contributed by atoms with Gasteiger partial charge in [0.15, 0.2) is 6.61 Å². The summed E-state index contributed by atoms with van der Waals surface area (Å²) in [5.74, 6) is 0.621. The third-order valence-electron chi connectivity index (χ3n) is 4.67. The number of methoxy groups -OCH3 is 1. The summed E-state index contributed by atoms with van der Waals surface area (Å²) in [6, 6.07) is 11.2. The van der Waals surface area contributed by atoms with Gasteiger partial charge in [-0.25, -0.2) is 4.79 Å². The van der Waals surface area contributed by atoms with E-state index in [1.165, 1.54) is 0 Å². The number of nitrogens with one attached hydrogen (secondary N) is 3. The van der Waals surface area contributed by atoms with E-state index in [-0.39, 0.29) is 36.4 Å². The molecule has 0 bridgehead atoms. The van der Waals surface area contributed by atoms with Crippen molar-refractivity contribution in [1.82, 2.24) is 10.2 Å².